The SMILES string of the molecule is CCC(C)C(N)CS(=O)c1ccc(F)c(Cl)c1. The van der Waals surface area contributed by atoms with Crippen molar-refractivity contribution in [3.63, 3.8) is 0 Å². The first kappa shape index (κ1) is 14.6. The van der Waals surface area contributed by atoms with Gasteiger partial charge in [-0.25, -0.2) is 4.39 Å². The monoisotopic (exact) mass is 277 g/mol. The lowest BCUT2D eigenvalue weighted by Crippen LogP contribution is -2.33. The molecule has 0 bridgehead atoms. The lowest BCUT2D eigenvalue weighted by Gasteiger charge is -2.17. The minimum atomic E-state index is -1.23. The molecule has 0 heterocycles. The number of hydrogen-bond donors (Lipinski definition) is 1. The van der Waals surface area contributed by atoms with Gasteiger partial charge in [-0.2, -0.15) is 0 Å². The summed E-state index contributed by atoms with van der Waals surface area (Å²) in [5, 5.41) is -0.00652. The predicted octanol–water partition coefficient (Wildman–Crippen LogP) is 2.96. The van der Waals surface area contributed by atoms with Gasteiger partial charge in [0.05, 0.1) is 15.8 Å². The molecule has 2 nitrogen and oxygen atoms in total. The number of hydrogen-bond acceptors (Lipinski definition) is 2. The van der Waals surface area contributed by atoms with Crippen LogP contribution in [0.1, 0.15) is 20.3 Å². The highest BCUT2D eigenvalue weighted by Crippen LogP contribution is 2.19. The van der Waals surface area contributed by atoms with E-state index in [0.717, 1.165) is 6.42 Å². The van der Waals surface area contributed by atoms with E-state index in [1.54, 1.807) is 0 Å². The zero-order chi connectivity index (χ0) is 13.0. The highest BCUT2D eigenvalue weighted by molar-refractivity contribution is 7.85. The molecule has 0 spiro atoms. The molecule has 0 aliphatic heterocycles. The molecule has 0 radical (unpaired) electrons. The molecule has 0 saturated heterocycles. The third kappa shape index (κ3) is 4.05. The first-order valence-electron chi connectivity index (χ1n) is 5.54. The second-order valence-electron chi connectivity index (χ2n) is 4.14. The maximum absolute atomic E-state index is 13.0. The van der Waals surface area contributed by atoms with E-state index < -0.39 is 16.6 Å². The molecular weight excluding hydrogens is 261 g/mol. The largest absolute Gasteiger partial charge is 0.327 e. The van der Waals surface area contributed by atoms with Crippen LogP contribution in [0.15, 0.2) is 23.1 Å². The van der Waals surface area contributed by atoms with Gasteiger partial charge < -0.3 is 5.73 Å². The van der Waals surface area contributed by atoms with Crippen molar-refractivity contribution in [3.05, 3.63) is 29.0 Å². The Labute approximate surface area is 109 Å². The Morgan fingerprint density at radius 2 is 2.18 bits per heavy atom. The van der Waals surface area contributed by atoms with E-state index in [0.29, 0.717) is 16.6 Å². The van der Waals surface area contributed by atoms with Crippen LogP contribution in [0.4, 0.5) is 4.39 Å². The van der Waals surface area contributed by atoms with Crippen LogP contribution in [0.2, 0.25) is 5.02 Å². The maximum atomic E-state index is 13.0. The fraction of sp³-hybridized carbons (Fsp3) is 0.500. The average Bonchev–Trinajstić information content (AvgIpc) is 2.31. The lowest BCUT2D eigenvalue weighted by molar-refractivity contribution is 0.472. The summed E-state index contributed by atoms with van der Waals surface area (Å²) in [6.45, 7) is 4.07. The summed E-state index contributed by atoms with van der Waals surface area (Å²) in [5.41, 5.74) is 5.93. The average molecular weight is 278 g/mol. The van der Waals surface area contributed by atoms with E-state index in [1.165, 1.54) is 18.2 Å². The summed E-state index contributed by atoms with van der Waals surface area (Å²) in [7, 11) is -1.23. The number of benzene rings is 1. The third-order valence-electron chi connectivity index (χ3n) is 2.87. The van der Waals surface area contributed by atoms with Crippen LogP contribution in [0, 0.1) is 11.7 Å². The Kier molecular flexibility index (Phi) is 5.56. The quantitative estimate of drug-likeness (QED) is 0.899. The van der Waals surface area contributed by atoms with Crippen molar-refractivity contribution in [2.24, 2.45) is 11.7 Å². The highest BCUT2D eigenvalue weighted by Gasteiger charge is 2.16. The molecule has 0 aliphatic carbocycles. The molecule has 0 aliphatic rings. The van der Waals surface area contributed by atoms with Crippen molar-refractivity contribution in [1.29, 1.82) is 0 Å². The molecule has 0 amide bonds. The zero-order valence-corrected chi connectivity index (χ0v) is 11.5. The summed E-state index contributed by atoms with van der Waals surface area (Å²) in [6, 6.07) is 3.99. The van der Waals surface area contributed by atoms with Gasteiger partial charge in [0.1, 0.15) is 5.82 Å². The van der Waals surface area contributed by atoms with Crippen LogP contribution in [0.5, 0.6) is 0 Å². The Bertz CT molecular complexity index is 413. The highest BCUT2D eigenvalue weighted by atomic mass is 35.5. The summed E-state index contributed by atoms with van der Waals surface area (Å²) in [4.78, 5) is 0.523. The molecule has 5 heteroatoms. The molecule has 1 aromatic carbocycles. The number of rotatable bonds is 5. The van der Waals surface area contributed by atoms with E-state index in [9.17, 15) is 8.60 Å². The fourth-order valence-electron chi connectivity index (χ4n) is 1.36. The molecule has 3 unspecified atom stereocenters. The first-order chi connectivity index (χ1) is 7.95. The first-order valence-corrected chi connectivity index (χ1v) is 7.24. The van der Waals surface area contributed by atoms with Gasteiger partial charge in [-0.15, -0.1) is 0 Å². The molecule has 0 fully saturated rings. The van der Waals surface area contributed by atoms with Gasteiger partial charge in [0, 0.05) is 16.7 Å². The molecule has 0 saturated carbocycles. The predicted molar refractivity (Wildman–Crippen MR) is 70.1 cm³/mol. The Morgan fingerprint density at radius 3 is 2.71 bits per heavy atom. The van der Waals surface area contributed by atoms with Crippen LogP contribution < -0.4 is 5.73 Å². The van der Waals surface area contributed by atoms with Crippen molar-refractivity contribution in [2.75, 3.05) is 5.75 Å². The van der Waals surface area contributed by atoms with Crippen LogP contribution in [-0.4, -0.2) is 16.0 Å². The van der Waals surface area contributed by atoms with E-state index in [4.69, 9.17) is 17.3 Å². The minimum absolute atomic E-state index is 0.00652. The van der Waals surface area contributed by atoms with Gasteiger partial charge in [-0.05, 0) is 24.1 Å². The molecule has 1 aromatic rings. The van der Waals surface area contributed by atoms with Gasteiger partial charge in [0.2, 0.25) is 0 Å². The minimum Gasteiger partial charge on any atom is -0.327 e. The van der Waals surface area contributed by atoms with E-state index in [2.05, 4.69) is 0 Å². The Balaban J connectivity index is 2.73. The number of halogens is 2. The Hall–Kier alpha value is -0.450. The molecular formula is C12H17ClFNOS. The van der Waals surface area contributed by atoms with Gasteiger partial charge in [-0.1, -0.05) is 31.9 Å². The van der Waals surface area contributed by atoms with Crippen molar-refractivity contribution in [1.82, 2.24) is 0 Å². The van der Waals surface area contributed by atoms with Gasteiger partial charge in [-0.3, -0.25) is 4.21 Å². The molecule has 3 atom stereocenters. The molecule has 96 valence electrons. The summed E-state index contributed by atoms with van der Waals surface area (Å²) in [5.74, 6) is 0.185. The second-order valence-corrected chi connectivity index (χ2v) is 6.04. The molecule has 17 heavy (non-hydrogen) atoms. The van der Waals surface area contributed by atoms with Crippen molar-refractivity contribution in [2.45, 2.75) is 31.2 Å². The number of nitrogens with two attached hydrogens (primary N) is 1. The van der Waals surface area contributed by atoms with E-state index in [1.807, 2.05) is 13.8 Å². The zero-order valence-electron chi connectivity index (χ0n) is 9.95. The molecule has 2 N–H and O–H groups in total. The Morgan fingerprint density at radius 1 is 1.53 bits per heavy atom. The maximum Gasteiger partial charge on any atom is 0.141 e. The fourth-order valence-corrected chi connectivity index (χ4v) is 2.94. The lowest BCUT2D eigenvalue weighted by atomic mass is 10.0. The van der Waals surface area contributed by atoms with Crippen LogP contribution in [0.25, 0.3) is 0 Å². The molecule has 0 aromatic heterocycles. The standard InChI is InChI=1S/C12H17ClFNOS/c1-3-8(2)12(15)7-17(16)9-4-5-11(14)10(13)6-9/h4-6,8,12H,3,7,15H2,1-2H3. The summed E-state index contributed by atoms with van der Waals surface area (Å²) < 4.78 is 24.9. The van der Waals surface area contributed by atoms with Crippen molar-refractivity contribution < 1.29 is 8.60 Å². The normalized spacial score (nSPS) is 16.5. The van der Waals surface area contributed by atoms with Gasteiger partial charge in [0.15, 0.2) is 0 Å². The second kappa shape index (κ2) is 6.47. The summed E-state index contributed by atoms with van der Waals surface area (Å²) >= 11 is 5.64. The van der Waals surface area contributed by atoms with Gasteiger partial charge in [0.25, 0.3) is 0 Å². The van der Waals surface area contributed by atoms with Gasteiger partial charge >= 0.3 is 0 Å². The smallest absolute Gasteiger partial charge is 0.141 e. The van der Waals surface area contributed by atoms with E-state index in [-0.39, 0.29) is 11.1 Å². The van der Waals surface area contributed by atoms with E-state index >= 15 is 0 Å². The van der Waals surface area contributed by atoms with Crippen molar-refractivity contribution in [3.8, 4) is 0 Å². The van der Waals surface area contributed by atoms with Crippen LogP contribution in [-0.2, 0) is 10.8 Å². The topological polar surface area (TPSA) is 43.1 Å². The van der Waals surface area contributed by atoms with Crippen LogP contribution in [0.3, 0.4) is 0 Å². The summed E-state index contributed by atoms with van der Waals surface area (Å²) in [6.07, 6.45) is 0.947. The molecule has 1 rings (SSSR count). The van der Waals surface area contributed by atoms with Crippen LogP contribution >= 0.6 is 11.6 Å². The van der Waals surface area contributed by atoms with Crippen molar-refractivity contribution >= 4 is 22.4 Å². The third-order valence-corrected chi connectivity index (χ3v) is 4.63.